The highest BCUT2D eigenvalue weighted by atomic mass is 14.7. The lowest BCUT2D eigenvalue weighted by molar-refractivity contribution is 0.0942. The summed E-state index contributed by atoms with van der Waals surface area (Å²) in [5.74, 6) is 0.644. The van der Waals surface area contributed by atoms with E-state index in [4.69, 9.17) is 5.73 Å². The maximum atomic E-state index is 6.06. The number of rotatable bonds is 2. The van der Waals surface area contributed by atoms with Crippen molar-refractivity contribution in [3.8, 4) is 0 Å². The van der Waals surface area contributed by atoms with Gasteiger partial charge in [-0.15, -0.1) is 0 Å². The summed E-state index contributed by atoms with van der Waals surface area (Å²) < 4.78 is 0. The number of hydrogen-bond acceptors (Lipinski definition) is 1. The van der Waals surface area contributed by atoms with Crippen LogP contribution in [-0.2, 0) is 0 Å². The van der Waals surface area contributed by atoms with Crippen LogP contribution >= 0.6 is 0 Å². The molecule has 1 fully saturated rings. The van der Waals surface area contributed by atoms with Crippen LogP contribution in [0.5, 0.6) is 0 Å². The minimum absolute atomic E-state index is 0.418. The molecule has 1 atom stereocenters. The molecule has 0 saturated heterocycles. The molecule has 0 spiro atoms. The van der Waals surface area contributed by atoms with Gasteiger partial charge in [-0.05, 0) is 24.2 Å². The van der Waals surface area contributed by atoms with Crippen LogP contribution in [0.3, 0.4) is 0 Å². The SMILES string of the molecule is CC(C)C(N)C1(C)CCC1. The van der Waals surface area contributed by atoms with E-state index >= 15 is 0 Å². The summed E-state index contributed by atoms with van der Waals surface area (Å²) in [4.78, 5) is 0. The van der Waals surface area contributed by atoms with E-state index in [1.54, 1.807) is 0 Å². The molecule has 1 unspecified atom stereocenters. The van der Waals surface area contributed by atoms with Gasteiger partial charge in [0.25, 0.3) is 0 Å². The van der Waals surface area contributed by atoms with Gasteiger partial charge in [0.2, 0.25) is 0 Å². The molecule has 2 N–H and O–H groups in total. The first kappa shape index (κ1) is 8.06. The quantitative estimate of drug-likeness (QED) is 0.626. The molecular weight excluding hydrogens is 122 g/mol. The molecule has 1 aliphatic rings. The van der Waals surface area contributed by atoms with Gasteiger partial charge in [-0.25, -0.2) is 0 Å². The van der Waals surface area contributed by atoms with E-state index in [0.29, 0.717) is 17.4 Å². The zero-order chi connectivity index (χ0) is 7.78. The Balaban J connectivity index is 2.46. The topological polar surface area (TPSA) is 26.0 Å². The van der Waals surface area contributed by atoms with Crippen molar-refractivity contribution in [2.24, 2.45) is 17.1 Å². The average Bonchev–Trinajstić information content (AvgIpc) is 1.81. The lowest BCUT2D eigenvalue weighted by atomic mass is 9.63. The Labute approximate surface area is 64.0 Å². The third-order valence-electron chi connectivity index (χ3n) is 3.02. The van der Waals surface area contributed by atoms with E-state index in [2.05, 4.69) is 20.8 Å². The van der Waals surface area contributed by atoms with E-state index in [9.17, 15) is 0 Å². The van der Waals surface area contributed by atoms with Crippen molar-refractivity contribution >= 4 is 0 Å². The van der Waals surface area contributed by atoms with Crippen LogP contribution in [0.25, 0.3) is 0 Å². The number of hydrogen-bond donors (Lipinski definition) is 1. The molecular formula is C9H19N. The van der Waals surface area contributed by atoms with Crippen LogP contribution in [-0.4, -0.2) is 6.04 Å². The summed E-state index contributed by atoms with van der Waals surface area (Å²) in [6.07, 6.45) is 4.07. The van der Waals surface area contributed by atoms with Crippen molar-refractivity contribution in [1.29, 1.82) is 0 Å². The Morgan fingerprint density at radius 3 is 1.90 bits per heavy atom. The van der Waals surface area contributed by atoms with Crippen molar-refractivity contribution in [2.45, 2.75) is 46.1 Å². The van der Waals surface area contributed by atoms with Crippen LogP contribution in [0.2, 0.25) is 0 Å². The van der Waals surface area contributed by atoms with E-state index in [1.165, 1.54) is 19.3 Å². The predicted molar refractivity (Wildman–Crippen MR) is 44.8 cm³/mol. The molecule has 1 heteroatoms. The first-order valence-electron chi connectivity index (χ1n) is 4.32. The minimum atomic E-state index is 0.418. The van der Waals surface area contributed by atoms with Crippen molar-refractivity contribution in [3.05, 3.63) is 0 Å². The second-order valence-corrected chi connectivity index (χ2v) is 4.28. The van der Waals surface area contributed by atoms with Gasteiger partial charge in [0.05, 0.1) is 0 Å². The van der Waals surface area contributed by atoms with E-state index in [0.717, 1.165) is 0 Å². The maximum absolute atomic E-state index is 6.06. The van der Waals surface area contributed by atoms with Gasteiger partial charge in [0.1, 0.15) is 0 Å². The fourth-order valence-electron chi connectivity index (χ4n) is 1.87. The van der Waals surface area contributed by atoms with Crippen molar-refractivity contribution in [1.82, 2.24) is 0 Å². The molecule has 60 valence electrons. The molecule has 1 aliphatic carbocycles. The van der Waals surface area contributed by atoms with Crippen LogP contribution in [0, 0.1) is 11.3 Å². The van der Waals surface area contributed by atoms with Crippen molar-refractivity contribution in [2.75, 3.05) is 0 Å². The largest absolute Gasteiger partial charge is 0.327 e. The summed E-state index contributed by atoms with van der Waals surface area (Å²) in [6.45, 7) is 6.75. The van der Waals surface area contributed by atoms with Gasteiger partial charge in [-0.2, -0.15) is 0 Å². The fourth-order valence-corrected chi connectivity index (χ4v) is 1.87. The molecule has 0 radical (unpaired) electrons. The second-order valence-electron chi connectivity index (χ2n) is 4.28. The Morgan fingerprint density at radius 2 is 1.80 bits per heavy atom. The lowest BCUT2D eigenvalue weighted by Gasteiger charge is -2.45. The van der Waals surface area contributed by atoms with Crippen molar-refractivity contribution < 1.29 is 0 Å². The zero-order valence-corrected chi connectivity index (χ0v) is 7.35. The highest BCUT2D eigenvalue weighted by Gasteiger charge is 2.38. The molecule has 0 aromatic heterocycles. The summed E-state index contributed by atoms with van der Waals surface area (Å²) in [5, 5.41) is 0. The average molecular weight is 141 g/mol. The van der Waals surface area contributed by atoms with Gasteiger partial charge in [-0.1, -0.05) is 27.2 Å². The molecule has 1 nitrogen and oxygen atoms in total. The summed E-state index contributed by atoms with van der Waals surface area (Å²) >= 11 is 0. The van der Waals surface area contributed by atoms with E-state index in [1.807, 2.05) is 0 Å². The molecule has 0 bridgehead atoms. The third kappa shape index (κ3) is 1.20. The zero-order valence-electron chi connectivity index (χ0n) is 7.35. The van der Waals surface area contributed by atoms with Crippen molar-refractivity contribution in [3.63, 3.8) is 0 Å². The Morgan fingerprint density at radius 1 is 1.30 bits per heavy atom. The predicted octanol–water partition coefficient (Wildman–Crippen LogP) is 2.16. The molecule has 1 saturated carbocycles. The highest BCUT2D eigenvalue weighted by molar-refractivity contribution is 4.93. The highest BCUT2D eigenvalue weighted by Crippen LogP contribution is 2.44. The molecule has 0 amide bonds. The first-order chi connectivity index (χ1) is 4.56. The molecule has 0 aromatic carbocycles. The van der Waals surface area contributed by atoms with Gasteiger partial charge in [0, 0.05) is 6.04 Å². The lowest BCUT2D eigenvalue weighted by Crippen LogP contribution is -2.47. The van der Waals surface area contributed by atoms with Gasteiger partial charge in [0.15, 0.2) is 0 Å². The van der Waals surface area contributed by atoms with Crippen LogP contribution in [0.15, 0.2) is 0 Å². The third-order valence-corrected chi connectivity index (χ3v) is 3.02. The van der Waals surface area contributed by atoms with Crippen LogP contribution in [0.4, 0.5) is 0 Å². The Hall–Kier alpha value is -0.0400. The Bertz CT molecular complexity index is 114. The van der Waals surface area contributed by atoms with E-state index in [-0.39, 0.29) is 0 Å². The standard InChI is InChI=1S/C9H19N/c1-7(2)8(10)9(3)5-4-6-9/h7-8H,4-6,10H2,1-3H3. The Kier molecular flexibility index (Phi) is 2.04. The molecule has 0 aromatic rings. The smallest absolute Gasteiger partial charge is 0.0116 e. The molecule has 0 aliphatic heterocycles. The maximum Gasteiger partial charge on any atom is 0.0116 e. The summed E-state index contributed by atoms with van der Waals surface area (Å²) in [5.41, 5.74) is 6.54. The molecule has 1 rings (SSSR count). The second kappa shape index (κ2) is 2.54. The summed E-state index contributed by atoms with van der Waals surface area (Å²) in [7, 11) is 0. The normalized spacial score (nSPS) is 26.1. The number of nitrogens with two attached hydrogens (primary N) is 1. The fraction of sp³-hybridized carbons (Fsp3) is 1.00. The van der Waals surface area contributed by atoms with Gasteiger partial charge < -0.3 is 5.73 Å². The monoisotopic (exact) mass is 141 g/mol. The van der Waals surface area contributed by atoms with Crippen LogP contribution in [0.1, 0.15) is 40.0 Å². The van der Waals surface area contributed by atoms with Gasteiger partial charge >= 0.3 is 0 Å². The molecule has 10 heavy (non-hydrogen) atoms. The summed E-state index contributed by atoms with van der Waals surface area (Å²) in [6, 6.07) is 0.418. The van der Waals surface area contributed by atoms with E-state index < -0.39 is 0 Å². The molecule has 0 heterocycles. The van der Waals surface area contributed by atoms with Crippen LogP contribution < -0.4 is 5.73 Å². The minimum Gasteiger partial charge on any atom is -0.327 e. The van der Waals surface area contributed by atoms with Gasteiger partial charge in [-0.3, -0.25) is 0 Å². The first-order valence-corrected chi connectivity index (χ1v) is 4.32.